The van der Waals surface area contributed by atoms with Crippen molar-refractivity contribution in [2.75, 3.05) is 13.2 Å². The van der Waals surface area contributed by atoms with Crippen LogP contribution in [0.2, 0.25) is 0 Å². The van der Waals surface area contributed by atoms with E-state index in [2.05, 4.69) is 16.6 Å². The van der Waals surface area contributed by atoms with E-state index >= 15 is 0 Å². The molecule has 0 aromatic rings. The minimum atomic E-state index is -0.821. The summed E-state index contributed by atoms with van der Waals surface area (Å²) in [6.45, 7) is 4.72. The highest BCUT2D eigenvalue weighted by atomic mass is 16.7. The van der Waals surface area contributed by atoms with E-state index in [0.29, 0.717) is 0 Å². The quantitative estimate of drug-likeness (QED) is 0.419. The van der Waals surface area contributed by atoms with Crippen molar-refractivity contribution in [3.8, 4) is 0 Å². The molecule has 1 heterocycles. The maximum atomic E-state index is 11.2. The molecule has 0 saturated carbocycles. The van der Waals surface area contributed by atoms with Gasteiger partial charge in [0.15, 0.2) is 6.23 Å². The summed E-state index contributed by atoms with van der Waals surface area (Å²) in [6, 6.07) is 0. The van der Waals surface area contributed by atoms with Crippen LogP contribution in [0.1, 0.15) is 13.3 Å². The van der Waals surface area contributed by atoms with Gasteiger partial charge in [-0.3, -0.25) is 9.59 Å². The molecular formula is C11H15NO6. The Bertz CT molecular complexity index is 353. The predicted octanol–water partition coefficient (Wildman–Crippen LogP) is 0.351. The van der Waals surface area contributed by atoms with Crippen LogP contribution in [0.3, 0.4) is 0 Å². The van der Waals surface area contributed by atoms with E-state index in [9.17, 15) is 14.4 Å². The SMILES string of the molecule is C=CCOC(=O)OCC[C@@H]1C(=O)N[C@H]1OC(C)=O. The fourth-order valence-electron chi connectivity index (χ4n) is 1.40. The molecule has 1 fully saturated rings. The van der Waals surface area contributed by atoms with Crippen molar-refractivity contribution in [2.45, 2.75) is 19.6 Å². The van der Waals surface area contributed by atoms with Crippen molar-refractivity contribution >= 4 is 18.0 Å². The maximum absolute atomic E-state index is 11.2. The number of ether oxygens (including phenoxy) is 3. The van der Waals surface area contributed by atoms with Crippen LogP contribution in [-0.2, 0) is 23.8 Å². The van der Waals surface area contributed by atoms with Gasteiger partial charge in [0.1, 0.15) is 6.61 Å². The summed E-state index contributed by atoms with van der Waals surface area (Å²) < 4.78 is 14.1. The molecule has 1 amide bonds. The van der Waals surface area contributed by atoms with Crippen molar-refractivity contribution in [1.82, 2.24) is 5.32 Å². The van der Waals surface area contributed by atoms with Gasteiger partial charge >= 0.3 is 12.1 Å². The van der Waals surface area contributed by atoms with Crippen LogP contribution in [-0.4, -0.2) is 37.5 Å². The zero-order chi connectivity index (χ0) is 13.5. The predicted molar refractivity (Wildman–Crippen MR) is 59.3 cm³/mol. The van der Waals surface area contributed by atoms with E-state index in [-0.39, 0.29) is 25.5 Å². The Morgan fingerprint density at radius 2 is 2.17 bits per heavy atom. The minimum absolute atomic E-state index is 0.0197. The lowest BCUT2D eigenvalue weighted by molar-refractivity contribution is -0.168. The first-order chi connectivity index (χ1) is 8.54. The zero-order valence-corrected chi connectivity index (χ0v) is 10.0. The van der Waals surface area contributed by atoms with Crippen molar-refractivity contribution in [3.05, 3.63) is 12.7 Å². The number of carbonyl (C=O) groups is 3. The lowest BCUT2D eigenvalue weighted by Crippen LogP contribution is -2.60. The first-order valence-electron chi connectivity index (χ1n) is 5.42. The van der Waals surface area contributed by atoms with Gasteiger partial charge in [-0.1, -0.05) is 12.7 Å². The highest BCUT2D eigenvalue weighted by Crippen LogP contribution is 2.20. The van der Waals surface area contributed by atoms with E-state index in [1.165, 1.54) is 13.0 Å². The van der Waals surface area contributed by atoms with Crippen molar-refractivity contribution in [2.24, 2.45) is 5.92 Å². The largest absolute Gasteiger partial charge is 0.508 e. The minimum Gasteiger partial charge on any atom is -0.441 e. The highest BCUT2D eigenvalue weighted by molar-refractivity contribution is 5.86. The van der Waals surface area contributed by atoms with Gasteiger partial charge in [-0.05, 0) is 6.42 Å². The Morgan fingerprint density at radius 1 is 1.44 bits per heavy atom. The van der Waals surface area contributed by atoms with Gasteiger partial charge in [0.2, 0.25) is 5.91 Å². The molecule has 0 aliphatic carbocycles. The van der Waals surface area contributed by atoms with E-state index < -0.39 is 24.3 Å². The Labute approximate surface area is 104 Å². The molecule has 2 atom stereocenters. The van der Waals surface area contributed by atoms with Crippen LogP contribution in [0.5, 0.6) is 0 Å². The van der Waals surface area contributed by atoms with E-state index in [4.69, 9.17) is 9.47 Å². The number of hydrogen-bond acceptors (Lipinski definition) is 6. The molecule has 1 aliphatic rings. The van der Waals surface area contributed by atoms with Gasteiger partial charge < -0.3 is 19.5 Å². The van der Waals surface area contributed by atoms with Crippen LogP contribution in [0, 0.1) is 5.92 Å². The number of rotatable bonds is 6. The molecule has 0 spiro atoms. The van der Waals surface area contributed by atoms with Crippen molar-refractivity contribution in [3.63, 3.8) is 0 Å². The third kappa shape index (κ3) is 4.08. The van der Waals surface area contributed by atoms with Crippen LogP contribution < -0.4 is 5.32 Å². The van der Waals surface area contributed by atoms with E-state index in [1.54, 1.807) is 0 Å². The van der Waals surface area contributed by atoms with Crippen molar-refractivity contribution in [1.29, 1.82) is 0 Å². The lowest BCUT2D eigenvalue weighted by atomic mass is 9.96. The van der Waals surface area contributed by atoms with Gasteiger partial charge in [-0.25, -0.2) is 4.79 Å². The normalized spacial score (nSPS) is 21.3. The summed E-state index contributed by atoms with van der Waals surface area (Å²) in [5, 5.41) is 2.43. The Hall–Kier alpha value is -2.05. The summed E-state index contributed by atoms with van der Waals surface area (Å²) in [7, 11) is 0. The first-order valence-corrected chi connectivity index (χ1v) is 5.42. The fourth-order valence-corrected chi connectivity index (χ4v) is 1.40. The molecule has 0 aromatic heterocycles. The zero-order valence-electron chi connectivity index (χ0n) is 10.0. The summed E-state index contributed by atoms with van der Waals surface area (Å²) in [4.78, 5) is 32.8. The van der Waals surface area contributed by atoms with Crippen LogP contribution in [0.25, 0.3) is 0 Å². The smallest absolute Gasteiger partial charge is 0.441 e. The van der Waals surface area contributed by atoms with Gasteiger partial charge in [-0.15, -0.1) is 0 Å². The molecule has 7 nitrogen and oxygen atoms in total. The molecule has 100 valence electrons. The molecule has 1 rings (SSSR count). The second-order valence-electron chi connectivity index (χ2n) is 3.63. The fraction of sp³-hybridized carbons (Fsp3) is 0.545. The monoisotopic (exact) mass is 257 g/mol. The molecule has 0 unspecified atom stereocenters. The molecule has 1 saturated heterocycles. The molecular weight excluding hydrogens is 242 g/mol. The van der Waals surface area contributed by atoms with Gasteiger partial charge in [0.05, 0.1) is 12.5 Å². The van der Waals surface area contributed by atoms with E-state index in [0.717, 1.165) is 0 Å². The maximum Gasteiger partial charge on any atom is 0.508 e. The Kier molecular flexibility index (Phi) is 5.16. The molecule has 18 heavy (non-hydrogen) atoms. The average Bonchev–Trinajstić information content (AvgIpc) is 2.31. The Morgan fingerprint density at radius 3 is 2.72 bits per heavy atom. The summed E-state index contributed by atoms with van der Waals surface area (Å²) >= 11 is 0. The third-order valence-corrected chi connectivity index (χ3v) is 2.25. The average molecular weight is 257 g/mol. The first kappa shape index (κ1) is 14.0. The molecule has 1 N–H and O–H groups in total. The van der Waals surface area contributed by atoms with Crippen molar-refractivity contribution < 1.29 is 28.6 Å². The second kappa shape index (κ2) is 6.63. The van der Waals surface area contributed by atoms with Gasteiger partial charge in [0, 0.05) is 6.92 Å². The summed E-state index contributed by atoms with van der Waals surface area (Å²) in [6.07, 6.45) is 0.228. The summed E-state index contributed by atoms with van der Waals surface area (Å²) in [5.41, 5.74) is 0. The van der Waals surface area contributed by atoms with Crippen LogP contribution in [0.15, 0.2) is 12.7 Å². The second-order valence-corrected chi connectivity index (χ2v) is 3.63. The van der Waals surface area contributed by atoms with Gasteiger partial charge in [-0.2, -0.15) is 0 Å². The Balaban J connectivity index is 2.21. The van der Waals surface area contributed by atoms with Crippen LogP contribution >= 0.6 is 0 Å². The number of carbonyl (C=O) groups excluding carboxylic acids is 3. The topological polar surface area (TPSA) is 90.9 Å². The lowest BCUT2D eigenvalue weighted by Gasteiger charge is -2.35. The van der Waals surface area contributed by atoms with E-state index in [1.807, 2.05) is 0 Å². The molecule has 0 radical (unpaired) electrons. The molecule has 1 aliphatic heterocycles. The number of esters is 1. The third-order valence-electron chi connectivity index (χ3n) is 2.25. The standard InChI is InChI=1S/C11H15NO6/c1-3-5-16-11(15)17-6-4-8-9(14)12-10(8)18-7(2)13/h3,8,10H,1,4-6H2,2H3,(H,12,14)/t8-,10+/m1/s1. The number of β-lactam (4-membered cyclic amide) rings is 1. The van der Waals surface area contributed by atoms with Crippen LogP contribution in [0.4, 0.5) is 4.79 Å². The summed E-state index contributed by atoms with van der Waals surface area (Å²) in [5.74, 6) is -1.19. The molecule has 7 heteroatoms. The number of hydrogen-bond donors (Lipinski definition) is 1. The highest BCUT2D eigenvalue weighted by Gasteiger charge is 2.41. The number of nitrogens with one attached hydrogen (secondary N) is 1. The molecule has 0 bridgehead atoms. The molecule has 0 aromatic carbocycles. The number of amides is 1. The van der Waals surface area contributed by atoms with Gasteiger partial charge in [0.25, 0.3) is 0 Å².